The molecule has 0 aliphatic carbocycles. The molecule has 0 bridgehead atoms. The van der Waals surface area contributed by atoms with Gasteiger partial charge in [0.05, 0.1) is 0 Å². The van der Waals surface area contributed by atoms with Crippen molar-refractivity contribution in [3.63, 3.8) is 0 Å². The smallest absolute Gasteiger partial charge is 0.260 e. The number of hydrogen-bond donors (Lipinski definition) is 1. The monoisotopic (exact) mass is 329 g/mol. The van der Waals surface area contributed by atoms with E-state index in [1.807, 2.05) is 42.1 Å². The minimum absolute atomic E-state index is 0.0787. The maximum absolute atomic E-state index is 12.0. The second kappa shape index (κ2) is 9.26. The first-order chi connectivity index (χ1) is 11.1. The van der Waals surface area contributed by atoms with Crippen LogP contribution in [0.1, 0.15) is 18.1 Å². The molecule has 2 aromatic carbocycles. The van der Waals surface area contributed by atoms with Crippen molar-refractivity contribution in [1.82, 2.24) is 5.32 Å². The summed E-state index contributed by atoms with van der Waals surface area (Å²) < 4.78 is 5.60. The molecular formula is C19H23NO2S. The van der Waals surface area contributed by atoms with Crippen LogP contribution in [0.15, 0.2) is 54.6 Å². The molecule has 0 saturated heterocycles. The molecule has 4 heteroatoms. The number of aryl methyl sites for hydroxylation is 1. The molecule has 3 nitrogen and oxygen atoms in total. The third-order valence-corrected chi connectivity index (χ3v) is 4.35. The van der Waals surface area contributed by atoms with Crippen LogP contribution in [-0.4, -0.2) is 24.3 Å². The molecule has 0 aromatic heterocycles. The average molecular weight is 329 g/mol. The van der Waals surface area contributed by atoms with Crippen molar-refractivity contribution >= 4 is 17.7 Å². The van der Waals surface area contributed by atoms with Gasteiger partial charge in [0.2, 0.25) is 0 Å². The van der Waals surface area contributed by atoms with Gasteiger partial charge in [-0.1, -0.05) is 48.0 Å². The van der Waals surface area contributed by atoms with Gasteiger partial charge in [0.1, 0.15) is 5.75 Å². The molecule has 2 aromatic rings. The Kier molecular flexibility index (Phi) is 7.01. The Labute approximate surface area is 142 Å². The minimum atomic E-state index is -0.487. The molecular weight excluding hydrogens is 306 g/mol. The van der Waals surface area contributed by atoms with Crippen LogP contribution in [-0.2, 0) is 10.5 Å². The molecule has 0 saturated carbocycles. The summed E-state index contributed by atoms with van der Waals surface area (Å²) in [6.45, 7) is 4.52. The molecule has 1 N–H and O–H groups in total. The predicted octanol–water partition coefficient (Wildman–Crippen LogP) is 3.81. The minimum Gasteiger partial charge on any atom is -0.481 e. The molecule has 0 fully saturated rings. The Morgan fingerprint density at radius 2 is 1.96 bits per heavy atom. The molecule has 2 rings (SSSR count). The van der Waals surface area contributed by atoms with Gasteiger partial charge in [0.15, 0.2) is 6.10 Å². The van der Waals surface area contributed by atoms with Crippen molar-refractivity contribution in [2.75, 3.05) is 12.3 Å². The Morgan fingerprint density at radius 3 is 2.70 bits per heavy atom. The zero-order valence-electron chi connectivity index (χ0n) is 13.6. The Morgan fingerprint density at radius 1 is 1.17 bits per heavy atom. The summed E-state index contributed by atoms with van der Waals surface area (Å²) in [5.41, 5.74) is 2.60. The van der Waals surface area contributed by atoms with Gasteiger partial charge >= 0.3 is 0 Å². The van der Waals surface area contributed by atoms with E-state index in [2.05, 4.69) is 36.5 Å². The van der Waals surface area contributed by atoms with E-state index in [1.165, 1.54) is 11.1 Å². The van der Waals surface area contributed by atoms with Crippen molar-refractivity contribution in [3.8, 4) is 5.75 Å². The van der Waals surface area contributed by atoms with Crippen molar-refractivity contribution in [1.29, 1.82) is 0 Å². The summed E-state index contributed by atoms with van der Waals surface area (Å²) in [6, 6.07) is 17.9. The van der Waals surface area contributed by atoms with Crippen molar-refractivity contribution in [2.45, 2.75) is 25.7 Å². The van der Waals surface area contributed by atoms with Crippen LogP contribution < -0.4 is 10.1 Å². The van der Waals surface area contributed by atoms with Crippen molar-refractivity contribution < 1.29 is 9.53 Å². The fraction of sp³-hybridized carbons (Fsp3) is 0.316. The van der Waals surface area contributed by atoms with E-state index in [9.17, 15) is 4.79 Å². The molecule has 0 aliphatic rings. The van der Waals surface area contributed by atoms with E-state index < -0.39 is 6.10 Å². The zero-order chi connectivity index (χ0) is 16.5. The Hall–Kier alpha value is -1.94. The number of thioether (sulfide) groups is 1. The summed E-state index contributed by atoms with van der Waals surface area (Å²) in [5, 5.41) is 2.92. The molecule has 122 valence electrons. The highest BCUT2D eigenvalue weighted by Gasteiger charge is 2.13. The summed E-state index contributed by atoms with van der Waals surface area (Å²) >= 11 is 1.82. The SMILES string of the molecule is Cc1cccc(CSCCNC(=O)[C@H](C)Oc2ccccc2)c1. The number of ether oxygens (including phenoxy) is 1. The topological polar surface area (TPSA) is 38.3 Å². The summed E-state index contributed by atoms with van der Waals surface area (Å²) in [4.78, 5) is 12.0. The number of rotatable bonds is 8. The zero-order valence-corrected chi connectivity index (χ0v) is 14.4. The molecule has 0 radical (unpaired) electrons. The molecule has 0 aliphatic heterocycles. The normalized spacial score (nSPS) is 11.7. The highest BCUT2D eigenvalue weighted by atomic mass is 32.2. The molecule has 23 heavy (non-hydrogen) atoms. The Bertz CT molecular complexity index is 616. The van der Waals surface area contributed by atoms with Crippen LogP contribution >= 0.6 is 11.8 Å². The van der Waals surface area contributed by atoms with Crippen LogP contribution in [0.2, 0.25) is 0 Å². The quantitative estimate of drug-likeness (QED) is 0.748. The maximum Gasteiger partial charge on any atom is 0.260 e. The first kappa shape index (κ1) is 17.4. The standard InChI is InChI=1S/C19H23NO2S/c1-15-7-6-8-17(13-15)14-23-12-11-20-19(21)16(2)22-18-9-4-3-5-10-18/h3-10,13,16H,11-12,14H2,1-2H3,(H,20,21)/t16-/m0/s1. The van der Waals surface area contributed by atoms with Crippen LogP contribution in [0, 0.1) is 6.92 Å². The molecule has 0 spiro atoms. The van der Waals surface area contributed by atoms with Gasteiger partial charge in [0.25, 0.3) is 5.91 Å². The van der Waals surface area contributed by atoms with Gasteiger partial charge in [0, 0.05) is 18.1 Å². The molecule has 0 unspecified atom stereocenters. The van der Waals surface area contributed by atoms with Gasteiger partial charge in [-0.05, 0) is 31.5 Å². The lowest BCUT2D eigenvalue weighted by Gasteiger charge is -2.14. The second-order valence-corrected chi connectivity index (χ2v) is 6.51. The van der Waals surface area contributed by atoms with Crippen LogP contribution in [0.4, 0.5) is 0 Å². The molecule has 1 amide bonds. The van der Waals surface area contributed by atoms with Gasteiger partial charge in [-0.2, -0.15) is 11.8 Å². The number of para-hydroxylation sites is 1. The maximum atomic E-state index is 12.0. The lowest BCUT2D eigenvalue weighted by Crippen LogP contribution is -2.37. The van der Waals surface area contributed by atoms with Crippen molar-refractivity contribution in [3.05, 3.63) is 65.7 Å². The average Bonchev–Trinajstić information content (AvgIpc) is 2.55. The second-order valence-electron chi connectivity index (χ2n) is 5.41. The van der Waals surface area contributed by atoms with E-state index in [-0.39, 0.29) is 5.91 Å². The van der Waals surface area contributed by atoms with E-state index in [4.69, 9.17) is 4.74 Å². The third kappa shape index (κ3) is 6.37. The first-order valence-electron chi connectivity index (χ1n) is 7.78. The Balaban J connectivity index is 1.62. The first-order valence-corrected chi connectivity index (χ1v) is 8.93. The number of hydrogen-bond acceptors (Lipinski definition) is 3. The van der Waals surface area contributed by atoms with Crippen LogP contribution in [0.25, 0.3) is 0 Å². The number of nitrogens with one attached hydrogen (secondary N) is 1. The summed E-state index contributed by atoms with van der Waals surface area (Å²) in [6.07, 6.45) is -0.487. The van der Waals surface area contributed by atoms with Gasteiger partial charge in [-0.25, -0.2) is 0 Å². The third-order valence-electron chi connectivity index (χ3n) is 3.32. The van der Waals surface area contributed by atoms with E-state index in [0.717, 1.165) is 11.5 Å². The number of amides is 1. The number of carbonyl (C=O) groups is 1. The van der Waals surface area contributed by atoms with Crippen molar-refractivity contribution in [2.24, 2.45) is 0 Å². The highest BCUT2D eigenvalue weighted by Crippen LogP contribution is 2.13. The lowest BCUT2D eigenvalue weighted by molar-refractivity contribution is -0.127. The largest absolute Gasteiger partial charge is 0.481 e. The van der Waals surface area contributed by atoms with E-state index in [1.54, 1.807) is 6.92 Å². The van der Waals surface area contributed by atoms with Gasteiger partial charge < -0.3 is 10.1 Å². The molecule has 1 atom stereocenters. The fourth-order valence-corrected chi connectivity index (χ4v) is 2.94. The lowest BCUT2D eigenvalue weighted by atomic mass is 10.2. The van der Waals surface area contributed by atoms with E-state index in [0.29, 0.717) is 12.3 Å². The summed E-state index contributed by atoms with van der Waals surface area (Å²) in [5.74, 6) is 2.49. The number of benzene rings is 2. The summed E-state index contributed by atoms with van der Waals surface area (Å²) in [7, 11) is 0. The fourth-order valence-electron chi connectivity index (χ4n) is 2.14. The van der Waals surface area contributed by atoms with Crippen LogP contribution in [0.5, 0.6) is 5.75 Å². The molecule has 0 heterocycles. The van der Waals surface area contributed by atoms with Crippen LogP contribution in [0.3, 0.4) is 0 Å². The predicted molar refractivity (Wildman–Crippen MR) is 96.9 cm³/mol. The van der Waals surface area contributed by atoms with Gasteiger partial charge in [-0.3, -0.25) is 4.79 Å². The van der Waals surface area contributed by atoms with Gasteiger partial charge in [-0.15, -0.1) is 0 Å². The number of carbonyl (C=O) groups excluding carboxylic acids is 1. The highest BCUT2D eigenvalue weighted by molar-refractivity contribution is 7.98. The van der Waals surface area contributed by atoms with E-state index >= 15 is 0 Å².